The first-order valence-corrected chi connectivity index (χ1v) is 11.1. The average Bonchev–Trinajstić information content (AvgIpc) is 2.80. The molecule has 4 rings (SSSR count). The van der Waals surface area contributed by atoms with Crippen molar-refractivity contribution in [2.75, 3.05) is 13.7 Å². The second kappa shape index (κ2) is 9.52. The Labute approximate surface area is 186 Å². The number of nitrogens with zero attached hydrogens (tertiary/aromatic N) is 3. The van der Waals surface area contributed by atoms with Gasteiger partial charge in [0, 0.05) is 22.6 Å². The van der Waals surface area contributed by atoms with Gasteiger partial charge in [-0.15, -0.1) is 0 Å². The third kappa shape index (κ3) is 4.44. The molecule has 0 aliphatic heterocycles. The lowest BCUT2D eigenvalue weighted by atomic mass is 9.88. The van der Waals surface area contributed by atoms with Gasteiger partial charge >= 0.3 is 0 Å². The molecule has 6 nitrogen and oxygen atoms in total. The van der Waals surface area contributed by atoms with E-state index in [1.165, 1.54) is 11.1 Å². The third-order valence-electron chi connectivity index (χ3n) is 5.62. The van der Waals surface area contributed by atoms with Crippen molar-refractivity contribution in [3.8, 4) is 11.5 Å². The molecule has 3 aromatic rings. The number of aromatic nitrogens is 2. The summed E-state index contributed by atoms with van der Waals surface area (Å²) in [5.74, 6) is 1.99. The summed E-state index contributed by atoms with van der Waals surface area (Å²) in [6.07, 6.45) is 7.11. The van der Waals surface area contributed by atoms with Crippen LogP contribution in [0.2, 0.25) is 5.02 Å². The van der Waals surface area contributed by atoms with E-state index in [2.05, 4.69) is 5.10 Å². The molecule has 2 aromatic carbocycles. The van der Waals surface area contributed by atoms with Crippen LogP contribution in [0.5, 0.6) is 11.5 Å². The molecule has 7 heteroatoms. The van der Waals surface area contributed by atoms with Crippen LogP contribution in [-0.2, 0) is 0 Å². The fourth-order valence-electron chi connectivity index (χ4n) is 4.13. The number of ether oxygens (including phenoxy) is 2. The number of hydrogen-bond acceptors (Lipinski definition) is 5. The molecule has 1 aliphatic carbocycles. The Kier molecular flexibility index (Phi) is 6.56. The molecule has 0 spiro atoms. The van der Waals surface area contributed by atoms with Crippen molar-refractivity contribution < 1.29 is 9.47 Å². The smallest absolute Gasteiger partial charge is 0.282 e. The van der Waals surface area contributed by atoms with E-state index in [1.54, 1.807) is 31.5 Å². The second-order valence-electron chi connectivity index (χ2n) is 7.64. The zero-order valence-corrected chi connectivity index (χ0v) is 18.6. The SMILES string of the molecule is CCOc1c(C=Nn2c(C3CCCCC3)nc3ccccc3c2=O)cc(Cl)cc1OC. The molecule has 1 fully saturated rings. The molecule has 1 heterocycles. The molecule has 31 heavy (non-hydrogen) atoms. The molecular weight excluding hydrogens is 414 g/mol. The van der Waals surface area contributed by atoms with E-state index >= 15 is 0 Å². The molecule has 1 aromatic heterocycles. The minimum atomic E-state index is -0.172. The summed E-state index contributed by atoms with van der Waals surface area (Å²) < 4.78 is 12.6. The van der Waals surface area contributed by atoms with E-state index in [-0.39, 0.29) is 11.5 Å². The minimum Gasteiger partial charge on any atom is -0.493 e. The van der Waals surface area contributed by atoms with Gasteiger partial charge in [0.05, 0.1) is 30.8 Å². The lowest BCUT2D eigenvalue weighted by Gasteiger charge is -2.22. The normalized spacial score (nSPS) is 14.9. The molecule has 0 atom stereocenters. The van der Waals surface area contributed by atoms with E-state index < -0.39 is 0 Å². The number of rotatable bonds is 6. The van der Waals surface area contributed by atoms with Gasteiger partial charge in [-0.3, -0.25) is 4.79 Å². The Balaban J connectivity index is 1.86. The first kappa shape index (κ1) is 21.4. The summed E-state index contributed by atoms with van der Waals surface area (Å²) in [7, 11) is 1.56. The fraction of sp³-hybridized carbons (Fsp3) is 0.375. The predicted molar refractivity (Wildman–Crippen MR) is 124 cm³/mol. The lowest BCUT2D eigenvalue weighted by molar-refractivity contribution is 0.310. The molecule has 0 unspecified atom stereocenters. The number of halogens is 1. The summed E-state index contributed by atoms with van der Waals surface area (Å²) in [5.41, 5.74) is 1.18. The molecule has 0 bridgehead atoms. The third-order valence-corrected chi connectivity index (χ3v) is 5.84. The lowest BCUT2D eigenvalue weighted by Crippen LogP contribution is -2.25. The molecule has 0 N–H and O–H groups in total. The van der Waals surface area contributed by atoms with Gasteiger partial charge < -0.3 is 9.47 Å². The Morgan fingerprint density at radius 3 is 2.74 bits per heavy atom. The predicted octanol–water partition coefficient (Wildman–Crippen LogP) is 5.39. The quantitative estimate of drug-likeness (QED) is 0.483. The van der Waals surface area contributed by atoms with Gasteiger partial charge in [0.15, 0.2) is 11.5 Å². The molecular formula is C24H26ClN3O3. The molecule has 0 amide bonds. The highest BCUT2D eigenvalue weighted by atomic mass is 35.5. The highest BCUT2D eigenvalue weighted by Gasteiger charge is 2.22. The Hall–Kier alpha value is -2.86. The molecule has 0 saturated heterocycles. The highest BCUT2D eigenvalue weighted by molar-refractivity contribution is 6.31. The first-order valence-electron chi connectivity index (χ1n) is 10.7. The zero-order chi connectivity index (χ0) is 21.8. The van der Waals surface area contributed by atoms with Crippen molar-refractivity contribution in [1.82, 2.24) is 9.66 Å². The van der Waals surface area contributed by atoms with Crippen LogP contribution in [0, 0.1) is 0 Å². The van der Waals surface area contributed by atoms with E-state index in [9.17, 15) is 4.79 Å². The highest BCUT2D eigenvalue weighted by Crippen LogP contribution is 2.34. The van der Waals surface area contributed by atoms with Crippen LogP contribution in [0.15, 0.2) is 46.3 Å². The monoisotopic (exact) mass is 439 g/mol. The minimum absolute atomic E-state index is 0.172. The zero-order valence-electron chi connectivity index (χ0n) is 17.8. The summed E-state index contributed by atoms with van der Waals surface area (Å²) in [6.45, 7) is 2.36. The van der Waals surface area contributed by atoms with E-state index in [4.69, 9.17) is 26.1 Å². The maximum Gasteiger partial charge on any atom is 0.282 e. The Morgan fingerprint density at radius 2 is 2.00 bits per heavy atom. The van der Waals surface area contributed by atoms with E-state index in [1.807, 2.05) is 25.1 Å². The van der Waals surface area contributed by atoms with Gasteiger partial charge in [0.2, 0.25) is 0 Å². The molecule has 1 saturated carbocycles. The average molecular weight is 440 g/mol. The van der Waals surface area contributed by atoms with Gasteiger partial charge in [0.25, 0.3) is 5.56 Å². The molecule has 0 radical (unpaired) electrons. The van der Waals surface area contributed by atoms with Gasteiger partial charge in [0.1, 0.15) is 5.82 Å². The largest absolute Gasteiger partial charge is 0.493 e. The summed E-state index contributed by atoms with van der Waals surface area (Å²) >= 11 is 6.27. The van der Waals surface area contributed by atoms with E-state index in [0.29, 0.717) is 45.4 Å². The van der Waals surface area contributed by atoms with Crippen LogP contribution >= 0.6 is 11.6 Å². The van der Waals surface area contributed by atoms with Gasteiger partial charge in [-0.25, -0.2) is 4.98 Å². The van der Waals surface area contributed by atoms with Crippen LogP contribution in [0.1, 0.15) is 56.3 Å². The van der Waals surface area contributed by atoms with Crippen molar-refractivity contribution >= 4 is 28.7 Å². The van der Waals surface area contributed by atoms with Crippen LogP contribution in [0.25, 0.3) is 10.9 Å². The summed E-state index contributed by atoms with van der Waals surface area (Å²) in [5, 5.41) is 5.63. The van der Waals surface area contributed by atoms with Gasteiger partial charge in [-0.1, -0.05) is 43.0 Å². The first-order chi connectivity index (χ1) is 15.1. The maximum atomic E-state index is 13.3. The second-order valence-corrected chi connectivity index (χ2v) is 8.08. The van der Waals surface area contributed by atoms with Crippen LogP contribution in [0.4, 0.5) is 0 Å². The van der Waals surface area contributed by atoms with Crippen molar-refractivity contribution in [3.63, 3.8) is 0 Å². The van der Waals surface area contributed by atoms with Gasteiger partial charge in [-0.05, 0) is 38.0 Å². The summed E-state index contributed by atoms with van der Waals surface area (Å²) in [4.78, 5) is 18.2. The number of para-hydroxylation sites is 1. The molecule has 162 valence electrons. The van der Waals surface area contributed by atoms with Crippen LogP contribution in [0.3, 0.4) is 0 Å². The van der Waals surface area contributed by atoms with Crippen molar-refractivity contribution in [3.05, 3.63) is 63.2 Å². The fourth-order valence-corrected chi connectivity index (χ4v) is 4.35. The Morgan fingerprint density at radius 1 is 1.23 bits per heavy atom. The number of fused-ring (bicyclic) bond motifs is 1. The maximum absolute atomic E-state index is 13.3. The number of benzene rings is 2. The topological polar surface area (TPSA) is 65.7 Å². The molecule has 1 aliphatic rings. The van der Waals surface area contributed by atoms with Gasteiger partial charge in [-0.2, -0.15) is 9.78 Å². The van der Waals surface area contributed by atoms with Crippen LogP contribution in [-0.4, -0.2) is 29.6 Å². The van der Waals surface area contributed by atoms with E-state index in [0.717, 1.165) is 25.7 Å². The number of methoxy groups -OCH3 is 1. The van der Waals surface area contributed by atoms with Crippen LogP contribution < -0.4 is 15.0 Å². The number of hydrogen-bond donors (Lipinski definition) is 0. The summed E-state index contributed by atoms with van der Waals surface area (Å²) in [6, 6.07) is 10.9. The van der Waals surface area contributed by atoms with Crippen molar-refractivity contribution in [2.45, 2.75) is 44.9 Å². The van der Waals surface area contributed by atoms with Crippen molar-refractivity contribution in [1.29, 1.82) is 0 Å². The van der Waals surface area contributed by atoms with Crippen molar-refractivity contribution in [2.24, 2.45) is 5.10 Å². The standard InChI is InChI=1S/C24H26ClN3O3/c1-3-31-22-17(13-18(25)14-21(22)30-2)15-26-28-23(16-9-5-4-6-10-16)27-20-12-8-7-11-19(20)24(28)29/h7-8,11-16H,3-6,9-10H2,1-2H3. The Bertz CT molecular complexity index is 1170.